The number of benzene rings is 2. The number of pyridine rings is 1. The molecule has 0 aliphatic rings. The van der Waals surface area contributed by atoms with Crippen molar-refractivity contribution in [2.45, 2.75) is 19.8 Å². The topological polar surface area (TPSA) is 86.1 Å². The Balaban J connectivity index is 1.45. The third-order valence-corrected chi connectivity index (χ3v) is 4.89. The zero-order valence-electron chi connectivity index (χ0n) is 17.3. The number of anilines is 1. The molecular formula is C24H22N4O3. The second-order valence-electron chi connectivity index (χ2n) is 7.14. The number of methoxy groups -OCH3 is 1. The van der Waals surface area contributed by atoms with Gasteiger partial charge >= 0.3 is 0 Å². The molecule has 0 atom stereocenters. The maximum absolute atomic E-state index is 12.5. The first kappa shape index (κ1) is 20.3. The van der Waals surface area contributed by atoms with Crippen LogP contribution in [0.15, 0.2) is 66.7 Å². The van der Waals surface area contributed by atoms with Crippen molar-refractivity contribution in [1.29, 1.82) is 0 Å². The van der Waals surface area contributed by atoms with Crippen LogP contribution in [-0.2, 0) is 4.79 Å². The number of fused-ring (bicyclic) bond motifs is 1. The van der Waals surface area contributed by atoms with Gasteiger partial charge in [-0.2, -0.15) is 9.78 Å². The predicted molar refractivity (Wildman–Crippen MR) is 119 cm³/mol. The number of nitrogens with zero attached hydrogens (tertiary/aromatic N) is 3. The van der Waals surface area contributed by atoms with Crippen molar-refractivity contribution in [3.8, 4) is 11.6 Å². The summed E-state index contributed by atoms with van der Waals surface area (Å²) < 4.78 is 6.70. The number of ketones is 1. The van der Waals surface area contributed by atoms with Crippen LogP contribution < -0.4 is 10.1 Å². The van der Waals surface area contributed by atoms with E-state index >= 15 is 0 Å². The second-order valence-corrected chi connectivity index (χ2v) is 7.14. The van der Waals surface area contributed by atoms with Crippen LogP contribution >= 0.6 is 0 Å². The van der Waals surface area contributed by atoms with E-state index in [1.165, 1.54) is 0 Å². The van der Waals surface area contributed by atoms with Gasteiger partial charge in [0.2, 0.25) is 5.91 Å². The SMILES string of the molecule is COc1ccc(C(=O)CCC(=O)Nc2cc(C)nn2-c2ccc3ccccc3n2)cc1. The number of ether oxygens (including phenoxy) is 1. The number of carbonyl (C=O) groups is 2. The maximum Gasteiger partial charge on any atom is 0.225 e. The fraction of sp³-hybridized carbons (Fsp3) is 0.167. The van der Waals surface area contributed by atoms with Crippen molar-refractivity contribution >= 4 is 28.4 Å². The van der Waals surface area contributed by atoms with E-state index in [4.69, 9.17) is 4.74 Å². The average molecular weight is 414 g/mol. The first-order chi connectivity index (χ1) is 15.0. The lowest BCUT2D eigenvalue weighted by molar-refractivity contribution is -0.116. The summed E-state index contributed by atoms with van der Waals surface area (Å²) in [7, 11) is 1.57. The van der Waals surface area contributed by atoms with Gasteiger partial charge in [-0.05, 0) is 49.4 Å². The maximum atomic E-state index is 12.5. The summed E-state index contributed by atoms with van der Waals surface area (Å²) in [6, 6.07) is 20.3. The quantitative estimate of drug-likeness (QED) is 0.455. The molecule has 2 aromatic heterocycles. The molecule has 0 fully saturated rings. The van der Waals surface area contributed by atoms with Crippen LogP contribution in [-0.4, -0.2) is 33.6 Å². The van der Waals surface area contributed by atoms with Crippen LogP contribution in [0.5, 0.6) is 5.75 Å². The first-order valence-corrected chi connectivity index (χ1v) is 9.93. The number of nitrogens with one attached hydrogen (secondary N) is 1. The fourth-order valence-electron chi connectivity index (χ4n) is 3.29. The monoisotopic (exact) mass is 414 g/mol. The third-order valence-electron chi connectivity index (χ3n) is 4.89. The van der Waals surface area contributed by atoms with Gasteiger partial charge in [0, 0.05) is 29.9 Å². The minimum absolute atomic E-state index is 0.0697. The van der Waals surface area contributed by atoms with Gasteiger partial charge in [-0.15, -0.1) is 0 Å². The Morgan fingerprint density at radius 3 is 2.55 bits per heavy atom. The summed E-state index contributed by atoms with van der Waals surface area (Å²) in [5.41, 5.74) is 2.14. The summed E-state index contributed by atoms with van der Waals surface area (Å²) in [6.07, 6.45) is 0.180. The molecule has 7 heteroatoms. The van der Waals surface area contributed by atoms with Crippen LogP contribution in [0.4, 0.5) is 5.82 Å². The first-order valence-electron chi connectivity index (χ1n) is 9.93. The summed E-state index contributed by atoms with van der Waals surface area (Å²) in [5.74, 6) is 1.45. The van der Waals surface area contributed by atoms with E-state index in [0.717, 1.165) is 16.6 Å². The van der Waals surface area contributed by atoms with Crippen LogP contribution in [0.3, 0.4) is 0 Å². The molecule has 0 radical (unpaired) electrons. The summed E-state index contributed by atoms with van der Waals surface area (Å²) in [6.45, 7) is 1.85. The fourth-order valence-corrected chi connectivity index (χ4v) is 3.29. The highest BCUT2D eigenvalue weighted by atomic mass is 16.5. The Morgan fingerprint density at radius 2 is 1.77 bits per heavy atom. The molecule has 0 aliphatic carbocycles. The summed E-state index contributed by atoms with van der Waals surface area (Å²) >= 11 is 0. The molecule has 0 bridgehead atoms. The highest BCUT2D eigenvalue weighted by molar-refractivity contribution is 6.00. The van der Waals surface area contributed by atoms with Gasteiger partial charge in [-0.25, -0.2) is 4.98 Å². The van der Waals surface area contributed by atoms with Crippen molar-refractivity contribution in [3.63, 3.8) is 0 Å². The highest BCUT2D eigenvalue weighted by Gasteiger charge is 2.14. The predicted octanol–water partition coefficient (Wildman–Crippen LogP) is 4.34. The van der Waals surface area contributed by atoms with E-state index in [1.54, 1.807) is 42.1 Å². The van der Waals surface area contributed by atoms with Gasteiger partial charge in [0.25, 0.3) is 0 Å². The van der Waals surface area contributed by atoms with Crippen molar-refractivity contribution < 1.29 is 14.3 Å². The van der Waals surface area contributed by atoms with Crippen LogP contribution in [0.25, 0.3) is 16.7 Å². The molecule has 31 heavy (non-hydrogen) atoms. The molecule has 1 amide bonds. The van der Waals surface area contributed by atoms with E-state index < -0.39 is 0 Å². The van der Waals surface area contributed by atoms with Crippen molar-refractivity contribution in [3.05, 3.63) is 78.0 Å². The molecule has 4 aromatic rings. The Morgan fingerprint density at radius 1 is 1.00 bits per heavy atom. The molecule has 2 heterocycles. The number of carbonyl (C=O) groups excluding carboxylic acids is 2. The standard InChI is InChI=1S/C24H22N4O3/c1-16-15-23(28(27-16)22-13-9-17-5-3-4-6-20(17)25-22)26-24(30)14-12-21(29)18-7-10-19(31-2)11-8-18/h3-11,13,15H,12,14H2,1-2H3,(H,26,30). The zero-order valence-corrected chi connectivity index (χ0v) is 17.3. The normalized spacial score (nSPS) is 10.8. The summed E-state index contributed by atoms with van der Waals surface area (Å²) in [4.78, 5) is 29.5. The minimum atomic E-state index is -0.260. The molecule has 7 nitrogen and oxygen atoms in total. The molecule has 0 saturated heterocycles. The number of para-hydroxylation sites is 1. The Hall–Kier alpha value is -4.00. The molecule has 156 valence electrons. The lowest BCUT2D eigenvalue weighted by Crippen LogP contribution is -2.16. The number of Topliss-reactive ketones (excluding diaryl/α,β-unsaturated/α-hetero) is 1. The second kappa shape index (κ2) is 8.79. The summed E-state index contributed by atoms with van der Waals surface area (Å²) in [5, 5.41) is 8.34. The molecule has 0 aliphatic heterocycles. The van der Waals surface area contributed by atoms with Crippen LogP contribution in [0.2, 0.25) is 0 Å². The number of aromatic nitrogens is 3. The molecule has 2 aromatic carbocycles. The lowest BCUT2D eigenvalue weighted by Gasteiger charge is -2.09. The van der Waals surface area contributed by atoms with Gasteiger partial charge in [-0.1, -0.05) is 18.2 Å². The average Bonchev–Trinajstić information content (AvgIpc) is 3.17. The van der Waals surface area contributed by atoms with E-state index in [9.17, 15) is 9.59 Å². The number of hydrogen-bond donors (Lipinski definition) is 1. The molecule has 0 spiro atoms. The van der Waals surface area contributed by atoms with Crippen molar-refractivity contribution in [1.82, 2.24) is 14.8 Å². The van der Waals surface area contributed by atoms with Crippen LogP contribution in [0.1, 0.15) is 28.9 Å². The Labute approximate surface area is 179 Å². The lowest BCUT2D eigenvalue weighted by atomic mass is 10.1. The van der Waals surface area contributed by atoms with Gasteiger partial charge in [-0.3, -0.25) is 9.59 Å². The van der Waals surface area contributed by atoms with E-state index in [-0.39, 0.29) is 24.5 Å². The van der Waals surface area contributed by atoms with Gasteiger partial charge in [0.15, 0.2) is 11.6 Å². The van der Waals surface area contributed by atoms with Crippen molar-refractivity contribution in [2.24, 2.45) is 0 Å². The van der Waals surface area contributed by atoms with E-state index in [1.807, 2.05) is 43.3 Å². The molecular weight excluding hydrogens is 392 g/mol. The smallest absolute Gasteiger partial charge is 0.225 e. The Kier molecular flexibility index (Phi) is 5.75. The van der Waals surface area contributed by atoms with E-state index in [0.29, 0.717) is 22.9 Å². The highest BCUT2D eigenvalue weighted by Crippen LogP contribution is 2.20. The largest absolute Gasteiger partial charge is 0.497 e. The van der Waals surface area contributed by atoms with Gasteiger partial charge in [0.1, 0.15) is 11.6 Å². The number of hydrogen-bond acceptors (Lipinski definition) is 5. The molecule has 1 N–H and O–H groups in total. The number of aryl methyl sites for hydroxylation is 1. The third kappa shape index (κ3) is 4.61. The van der Waals surface area contributed by atoms with Gasteiger partial charge < -0.3 is 10.1 Å². The van der Waals surface area contributed by atoms with Crippen molar-refractivity contribution in [2.75, 3.05) is 12.4 Å². The molecule has 0 unspecified atom stereocenters. The number of rotatable bonds is 7. The Bertz CT molecular complexity index is 1250. The molecule has 4 rings (SSSR count). The van der Waals surface area contributed by atoms with E-state index in [2.05, 4.69) is 15.4 Å². The van der Waals surface area contributed by atoms with Crippen LogP contribution in [0, 0.1) is 6.92 Å². The number of amides is 1. The zero-order chi connectivity index (χ0) is 21.8. The minimum Gasteiger partial charge on any atom is -0.497 e. The van der Waals surface area contributed by atoms with Gasteiger partial charge in [0.05, 0.1) is 18.3 Å². The molecule has 0 saturated carbocycles.